The molecule has 3 nitrogen and oxygen atoms in total. The highest BCUT2D eigenvalue weighted by molar-refractivity contribution is 5.88. The van der Waals surface area contributed by atoms with E-state index < -0.39 is 5.60 Å². The molecule has 0 aromatic rings. The first kappa shape index (κ1) is 14.3. The quantitative estimate of drug-likeness (QED) is 0.616. The van der Waals surface area contributed by atoms with Crippen LogP contribution in [-0.4, -0.2) is 23.8 Å². The molecule has 0 aromatic heterocycles. The number of hydrogen-bond acceptors (Lipinski definition) is 3. The largest absolute Gasteiger partial charge is 0.466 e. The number of ether oxygens (including phenoxy) is 1. The number of aliphatic hydroxyl groups is 1. The predicted octanol–water partition coefficient (Wildman–Crippen LogP) is 2.85. The fraction of sp³-hybridized carbons (Fsp3) is 0.688. The molecule has 106 valence electrons. The van der Waals surface area contributed by atoms with E-state index in [4.69, 9.17) is 4.74 Å². The summed E-state index contributed by atoms with van der Waals surface area (Å²) in [5.41, 5.74) is 1.27. The van der Waals surface area contributed by atoms with Gasteiger partial charge in [-0.25, -0.2) is 4.79 Å². The second kappa shape index (κ2) is 5.12. The van der Waals surface area contributed by atoms with Crippen molar-refractivity contribution in [3.63, 3.8) is 0 Å². The van der Waals surface area contributed by atoms with Crippen molar-refractivity contribution in [2.75, 3.05) is 7.11 Å². The van der Waals surface area contributed by atoms with Crippen LogP contribution < -0.4 is 0 Å². The zero-order chi connectivity index (χ0) is 14.2. The van der Waals surface area contributed by atoms with Gasteiger partial charge in [-0.3, -0.25) is 0 Å². The van der Waals surface area contributed by atoms with E-state index >= 15 is 0 Å². The minimum Gasteiger partial charge on any atom is -0.466 e. The maximum absolute atomic E-state index is 11.7. The van der Waals surface area contributed by atoms with Gasteiger partial charge < -0.3 is 9.84 Å². The van der Waals surface area contributed by atoms with Crippen LogP contribution in [0, 0.1) is 17.8 Å². The van der Waals surface area contributed by atoms with E-state index in [9.17, 15) is 9.90 Å². The van der Waals surface area contributed by atoms with Crippen LogP contribution in [0.25, 0.3) is 0 Å². The summed E-state index contributed by atoms with van der Waals surface area (Å²) in [6, 6.07) is 0. The van der Waals surface area contributed by atoms with E-state index in [1.165, 1.54) is 7.11 Å². The number of methoxy groups -OCH3 is 1. The standard InChI is InChI=1S/C16H24O3/c1-10(2)12-7-8-16(3,18)14-6-5-11(9-13(12)14)15(17)19-4/h9,12-14,18H,1,5-8H2,2-4H3/t12-,13-,14+,16+/m1/s1. The van der Waals surface area contributed by atoms with Gasteiger partial charge >= 0.3 is 5.97 Å². The van der Waals surface area contributed by atoms with E-state index in [2.05, 4.69) is 6.58 Å². The zero-order valence-electron chi connectivity index (χ0n) is 12.1. The lowest BCUT2D eigenvalue weighted by atomic mass is 9.59. The summed E-state index contributed by atoms with van der Waals surface area (Å²) >= 11 is 0. The number of rotatable bonds is 2. The van der Waals surface area contributed by atoms with Gasteiger partial charge in [-0.15, -0.1) is 0 Å². The summed E-state index contributed by atoms with van der Waals surface area (Å²) in [7, 11) is 1.42. The number of allylic oxidation sites excluding steroid dienone is 2. The summed E-state index contributed by atoms with van der Waals surface area (Å²) in [6.07, 6.45) is 5.34. The van der Waals surface area contributed by atoms with Gasteiger partial charge in [0.25, 0.3) is 0 Å². The Kier molecular flexibility index (Phi) is 3.86. The normalized spacial score (nSPS) is 38.1. The van der Waals surface area contributed by atoms with Crippen molar-refractivity contribution in [2.45, 2.75) is 45.1 Å². The topological polar surface area (TPSA) is 46.5 Å². The lowest BCUT2D eigenvalue weighted by molar-refractivity contribution is -0.137. The first-order chi connectivity index (χ1) is 8.86. The van der Waals surface area contributed by atoms with Crippen molar-refractivity contribution in [3.05, 3.63) is 23.8 Å². The number of hydrogen-bond donors (Lipinski definition) is 1. The average molecular weight is 264 g/mol. The molecule has 0 heterocycles. The molecule has 2 rings (SSSR count). The van der Waals surface area contributed by atoms with Crippen molar-refractivity contribution in [2.24, 2.45) is 17.8 Å². The lowest BCUT2D eigenvalue weighted by Crippen LogP contribution is -2.47. The lowest BCUT2D eigenvalue weighted by Gasteiger charge is -2.48. The first-order valence-corrected chi connectivity index (χ1v) is 7.03. The third kappa shape index (κ3) is 2.62. The van der Waals surface area contributed by atoms with E-state index in [-0.39, 0.29) is 17.8 Å². The van der Waals surface area contributed by atoms with Crippen LogP contribution in [0.2, 0.25) is 0 Å². The van der Waals surface area contributed by atoms with Gasteiger partial charge in [0.2, 0.25) is 0 Å². The van der Waals surface area contributed by atoms with Crippen LogP contribution in [0.3, 0.4) is 0 Å². The van der Waals surface area contributed by atoms with Crippen molar-refractivity contribution < 1.29 is 14.6 Å². The number of carbonyl (C=O) groups is 1. The van der Waals surface area contributed by atoms with Gasteiger partial charge in [0.05, 0.1) is 12.7 Å². The summed E-state index contributed by atoms with van der Waals surface area (Å²) in [5.74, 6) is 0.565. The Morgan fingerprint density at radius 3 is 2.79 bits per heavy atom. The van der Waals surface area contributed by atoms with Crippen LogP contribution >= 0.6 is 0 Å². The molecule has 0 aromatic carbocycles. The van der Waals surface area contributed by atoms with Crippen LogP contribution in [0.5, 0.6) is 0 Å². The van der Waals surface area contributed by atoms with Crippen LogP contribution in [0.4, 0.5) is 0 Å². The smallest absolute Gasteiger partial charge is 0.333 e. The van der Waals surface area contributed by atoms with Crippen LogP contribution in [-0.2, 0) is 9.53 Å². The molecule has 19 heavy (non-hydrogen) atoms. The highest BCUT2D eigenvalue weighted by Gasteiger charge is 2.46. The van der Waals surface area contributed by atoms with Gasteiger partial charge in [0.1, 0.15) is 0 Å². The van der Waals surface area contributed by atoms with Crippen LogP contribution in [0.1, 0.15) is 39.5 Å². The van der Waals surface area contributed by atoms with E-state index in [1.54, 1.807) is 0 Å². The van der Waals surface area contributed by atoms with E-state index in [0.29, 0.717) is 12.3 Å². The van der Waals surface area contributed by atoms with Crippen LogP contribution in [0.15, 0.2) is 23.8 Å². The molecular weight excluding hydrogens is 240 g/mol. The maximum Gasteiger partial charge on any atom is 0.333 e. The number of fused-ring (bicyclic) bond motifs is 1. The highest BCUT2D eigenvalue weighted by atomic mass is 16.5. The molecule has 1 saturated carbocycles. The molecule has 2 aliphatic rings. The average Bonchev–Trinajstić information content (AvgIpc) is 2.36. The highest BCUT2D eigenvalue weighted by Crippen LogP contribution is 2.49. The second-order valence-electron chi connectivity index (χ2n) is 6.25. The van der Waals surface area contributed by atoms with Gasteiger partial charge in [-0.1, -0.05) is 18.2 Å². The second-order valence-corrected chi connectivity index (χ2v) is 6.25. The van der Waals surface area contributed by atoms with Crippen molar-refractivity contribution in [3.8, 4) is 0 Å². The van der Waals surface area contributed by atoms with Gasteiger partial charge in [-0.05, 0) is 57.3 Å². The summed E-state index contributed by atoms with van der Waals surface area (Å²) in [5, 5.41) is 10.6. The molecule has 0 amide bonds. The Morgan fingerprint density at radius 1 is 1.53 bits per heavy atom. The van der Waals surface area contributed by atoms with E-state index in [0.717, 1.165) is 30.4 Å². The minimum atomic E-state index is -0.630. The molecule has 1 fully saturated rings. The zero-order valence-corrected chi connectivity index (χ0v) is 12.1. The molecule has 0 aliphatic heterocycles. The Labute approximate surface area is 115 Å². The van der Waals surface area contributed by atoms with Gasteiger partial charge in [0, 0.05) is 5.57 Å². The molecular formula is C16H24O3. The van der Waals surface area contributed by atoms with Crippen molar-refractivity contribution >= 4 is 5.97 Å². The molecule has 0 saturated heterocycles. The molecule has 4 atom stereocenters. The van der Waals surface area contributed by atoms with Crippen molar-refractivity contribution in [1.82, 2.24) is 0 Å². The molecule has 1 N–H and O–H groups in total. The maximum atomic E-state index is 11.7. The van der Waals surface area contributed by atoms with Crippen molar-refractivity contribution in [1.29, 1.82) is 0 Å². The first-order valence-electron chi connectivity index (χ1n) is 7.03. The van der Waals surface area contributed by atoms with E-state index in [1.807, 2.05) is 19.9 Å². The molecule has 0 unspecified atom stereocenters. The Hall–Kier alpha value is -1.09. The van der Waals surface area contributed by atoms with Gasteiger partial charge in [0.15, 0.2) is 0 Å². The molecule has 3 heteroatoms. The molecule has 0 radical (unpaired) electrons. The molecule has 0 spiro atoms. The fourth-order valence-electron chi connectivity index (χ4n) is 3.76. The monoisotopic (exact) mass is 264 g/mol. The van der Waals surface area contributed by atoms with Gasteiger partial charge in [-0.2, -0.15) is 0 Å². The minimum absolute atomic E-state index is 0.212. The fourth-order valence-corrected chi connectivity index (χ4v) is 3.76. The predicted molar refractivity (Wildman–Crippen MR) is 74.5 cm³/mol. The summed E-state index contributed by atoms with van der Waals surface area (Å²) < 4.78 is 4.82. The third-order valence-electron chi connectivity index (χ3n) is 4.89. The summed E-state index contributed by atoms with van der Waals surface area (Å²) in [6.45, 7) is 8.05. The number of carbonyl (C=O) groups excluding carboxylic acids is 1. The Balaban J connectivity index is 2.33. The summed E-state index contributed by atoms with van der Waals surface area (Å²) in [4.78, 5) is 11.7. The Bertz CT molecular complexity index is 420. The third-order valence-corrected chi connectivity index (χ3v) is 4.89. The number of esters is 1. The SMILES string of the molecule is C=C(C)[C@H]1CC[C@](C)(O)[C@H]2CCC(C(=O)OC)=C[C@H]12. The Morgan fingerprint density at radius 2 is 2.21 bits per heavy atom. The molecule has 0 bridgehead atoms. The molecule has 2 aliphatic carbocycles.